The van der Waals surface area contributed by atoms with Crippen LogP contribution in [0.2, 0.25) is 0 Å². The molecule has 2 heterocycles. The van der Waals surface area contributed by atoms with E-state index in [1.807, 2.05) is 60.5 Å². The maximum atomic E-state index is 14.5. The molecule has 8 amide bonds. The minimum absolute atomic E-state index is 0.00732. The van der Waals surface area contributed by atoms with E-state index in [1.54, 1.807) is 61.0 Å². The summed E-state index contributed by atoms with van der Waals surface area (Å²) in [5.74, 6) is -5.79. The number of rotatable bonds is 34. The van der Waals surface area contributed by atoms with Crippen LogP contribution in [0.4, 0.5) is 5.69 Å². The minimum Gasteiger partial charge on any atom is -0.464 e. The smallest absolute Gasteiger partial charge is 0.464 e. The molecule has 2 aliphatic heterocycles. The summed E-state index contributed by atoms with van der Waals surface area (Å²) in [5.41, 5.74) is 6.97. The van der Waals surface area contributed by atoms with Crippen LogP contribution in [-0.4, -0.2) is 189 Å². The van der Waals surface area contributed by atoms with E-state index in [2.05, 4.69) is 31.9 Å². The summed E-state index contributed by atoms with van der Waals surface area (Å²) in [6, 6.07) is 9.21. The van der Waals surface area contributed by atoms with Crippen LogP contribution in [0.1, 0.15) is 111 Å². The van der Waals surface area contributed by atoms with Gasteiger partial charge >= 0.3 is 13.8 Å². The fourth-order valence-corrected chi connectivity index (χ4v) is 11.8. The largest absolute Gasteiger partial charge is 0.473 e. The van der Waals surface area contributed by atoms with Crippen LogP contribution in [0.15, 0.2) is 54.6 Å². The second-order valence-electron chi connectivity index (χ2n) is 23.1. The molecule has 2 saturated heterocycles. The van der Waals surface area contributed by atoms with Gasteiger partial charge in [-0.1, -0.05) is 97.4 Å². The summed E-state index contributed by atoms with van der Waals surface area (Å²) >= 11 is 0. The summed E-state index contributed by atoms with van der Waals surface area (Å²) in [4.78, 5) is 134. The number of anilines is 1. The molecule has 2 aromatic carbocycles. The highest BCUT2D eigenvalue weighted by molar-refractivity contribution is 7.47. The Morgan fingerprint density at radius 3 is 2.02 bits per heavy atom. The normalized spacial score (nSPS) is 19.3. The van der Waals surface area contributed by atoms with Gasteiger partial charge in [-0.2, -0.15) is 0 Å². The van der Waals surface area contributed by atoms with Crippen LogP contribution < -0.4 is 37.6 Å². The van der Waals surface area contributed by atoms with Gasteiger partial charge in [0.15, 0.2) is 0 Å². The van der Waals surface area contributed by atoms with Crippen LogP contribution >= 0.6 is 7.82 Å². The van der Waals surface area contributed by atoms with Crippen molar-refractivity contribution in [2.45, 2.75) is 161 Å². The van der Waals surface area contributed by atoms with Gasteiger partial charge in [0.2, 0.25) is 47.3 Å². The first kappa shape index (κ1) is 72.1. The number of carbonyl (C=O) groups is 9. The van der Waals surface area contributed by atoms with E-state index in [0.717, 1.165) is 0 Å². The van der Waals surface area contributed by atoms with Crippen molar-refractivity contribution in [2.75, 3.05) is 66.9 Å². The number of nitrogens with zero attached hydrogens (tertiary/aromatic N) is 3. The number of phosphoric acid groups is 1. The molecule has 86 heavy (non-hydrogen) atoms. The zero-order valence-electron chi connectivity index (χ0n) is 52.0. The van der Waals surface area contributed by atoms with Crippen molar-refractivity contribution in [3.63, 3.8) is 0 Å². The molecular weight excluding hydrogens is 1140 g/mol. The summed E-state index contributed by atoms with van der Waals surface area (Å²) in [6.45, 7) is 14.1. The van der Waals surface area contributed by atoms with E-state index < -0.39 is 136 Å². The van der Waals surface area contributed by atoms with E-state index in [0.29, 0.717) is 49.0 Å². The van der Waals surface area contributed by atoms with Gasteiger partial charge in [0.05, 0.1) is 87.5 Å². The van der Waals surface area contributed by atoms with E-state index in [4.69, 9.17) is 29.0 Å². The van der Waals surface area contributed by atoms with E-state index in [9.17, 15) is 52.6 Å². The molecule has 0 radical (unpaired) electrons. The number of hydrogen-bond donors (Lipinski definition) is 8. The highest BCUT2D eigenvalue weighted by atomic mass is 31.2. The summed E-state index contributed by atoms with van der Waals surface area (Å²) in [5, 5.41) is 15.6. The summed E-state index contributed by atoms with van der Waals surface area (Å²) in [6.07, 6.45) is -1.06. The number of benzene rings is 2. The number of amides is 8. The topological polar surface area (TPSA) is 345 Å². The van der Waals surface area contributed by atoms with Crippen molar-refractivity contribution in [2.24, 2.45) is 29.4 Å². The van der Waals surface area contributed by atoms with Gasteiger partial charge in [-0.3, -0.25) is 52.3 Å². The second kappa shape index (κ2) is 34.2. The van der Waals surface area contributed by atoms with E-state index in [-0.39, 0.29) is 48.5 Å². The molecule has 0 bridgehead atoms. The number of esters is 1. The van der Waals surface area contributed by atoms with Gasteiger partial charge in [-0.15, -0.1) is 0 Å². The third-order valence-corrected chi connectivity index (χ3v) is 16.6. The highest BCUT2D eigenvalue weighted by Crippen LogP contribution is 2.49. The number of nitrogens with one attached hydrogen (secondary N) is 6. The molecule has 2 fully saturated rings. The zero-order valence-corrected chi connectivity index (χ0v) is 52.9. The predicted molar refractivity (Wildman–Crippen MR) is 319 cm³/mol. The maximum Gasteiger partial charge on any atom is 0.473 e. The molecule has 0 saturated carbocycles. The standard InChI is InChI=1S/C59H93N10O16P/c1-14-36(6)52(68(11)58(77)50(34(2)3)66-57(76)51(35(4)5)67(9)10)45(81-12)30-49(73)69-27-18-21-44(69)53(82-13)37(7)55(74)63-38(8)54(40-19-16-15-17-20-40)85-86(79,80)84-33-39-22-24-41(25-23-39)64-48(72)32-61-47(71)31-62-56(75)42(60)29-46(70)65-43-26-28-83-59(43)78/h15-17,19-20,22-25,34-38,42-45,50-54H,14,18,21,26-33,60H2,1-13H3,(H,61,71)(H,62,75)(H,63,74)(H,64,72)(H,65,70)(H,66,76)(H,79,80)/t36-,37+,38+,42-,43-,44-,45+,50-,51-,52-,53+,54+/m0/s1. The zero-order chi connectivity index (χ0) is 64.2. The first-order chi connectivity index (χ1) is 40.5. The van der Waals surface area contributed by atoms with Gasteiger partial charge in [-0.05, 0) is 74.9 Å². The molecule has 13 atom stereocenters. The molecule has 0 spiro atoms. The van der Waals surface area contributed by atoms with Gasteiger partial charge in [0, 0.05) is 39.9 Å². The minimum atomic E-state index is -4.86. The Bertz CT molecular complexity index is 2640. The Morgan fingerprint density at radius 1 is 0.802 bits per heavy atom. The number of phosphoric ester groups is 1. The van der Waals surface area contributed by atoms with Crippen LogP contribution in [-0.2, 0) is 77.6 Å². The van der Waals surface area contributed by atoms with E-state index >= 15 is 0 Å². The molecule has 480 valence electrons. The number of hydrogen-bond acceptors (Lipinski definition) is 17. The lowest BCUT2D eigenvalue weighted by molar-refractivity contribution is -0.148. The molecular formula is C59H93N10O16P. The fourth-order valence-electron chi connectivity index (χ4n) is 10.9. The summed E-state index contributed by atoms with van der Waals surface area (Å²) < 4.78 is 41.8. The Morgan fingerprint density at radius 2 is 1.45 bits per heavy atom. The molecule has 0 aliphatic carbocycles. The van der Waals surface area contributed by atoms with Crippen molar-refractivity contribution >= 4 is 66.7 Å². The maximum absolute atomic E-state index is 14.5. The van der Waals surface area contributed by atoms with Gasteiger partial charge in [0.25, 0.3) is 0 Å². The molecule has 2 aliphatic rings. The third-order valence-electron chi connectivity index (χ3n) is 15.7. The average molecular weight is 1230 g/mol. The lowest BCUT2D eigenvalue weighted by atomic mass is 9.89. The Kier molecular flexibility index (Phi) is 28.7. The van der Waals surface area contributed by atoms with Crippen molar-refractivity contribution in [3.8, 4) is 0 Å². The molecule has 4 rings (SSSR count). The quantitative estimate of drug-likeness (QED) is 0.0369. The van der Waals surface area contributed by atoms with E-state index in [1.165, 1.54) is 38.5 Å². The van der Waals surface area contributed by atoms with Crippen molar-refractivity contribution in [3.05, 3.63) is 65.7 Å². The number of cyclic esters (lactones) is 1. The fraction of sp³-hybridized carbons (Fsp3) is 0.644. The number of likely N-dealkylation sites (N-methyl/N-ethyl adjacent to an activating group) is 2. The van der Waals surface area contributed by atoms with Crippen LogP contribution in [0.5, 0.6) is 0 Å². The second-order valence-corrected chi connectivity index (χ2v) is 24.5. The molecule has 2 aromatic rings. The molecule has 0 aromatic heterocycles. The first-order valence-corrected chi connectivity index (χ1v) is 30.8. The van der Waals surface area contributed by atoms with Crippen LogP contribution in [0.25, 0.3) is 0 Å². The number of carbonyl (C=O) groups excluding carboxylic acids is 9. The number of methoxy groups -OCH3 is 2. The Labute approximate surface area is 505 Å². The number of likely N-dealkylation sites (tertiary alicyclic amines) is 1. The number of nitrogens with two attached hydrogens (primary N) is 1. The first-order valence-electron chi connectivity index (χ1n) is 29.3. The van der Waals surface area contributed by atoms with Crippen LogP contribution in [0.3, 0.4) is 0 Å². The Hall–Kier alpha value is -6.38. The average Bonchev–Trinajstić information content (AvgIpc) is 1.94. The van der Waals surface area contributed by atoms with Gasteiger partial charge in [0.1, 0.15) is 18.2 Å². The lowest BCUT2D eigenvalue weighted by Crippen LogP contribution is -2.59. The van der Waals surface area contributed by atoms with Crippen molar-refractivity contribution < 1.29 is 75.9 Å². The third kappa shape index (κ3) is 21.2. The van der Waals surface area contributed by atoms with Gasteiger partial charge < -0.3 is 66.5 Å². The van der Waals surface area contributed by atoms with Crippen molar-refractivity contribution in [1.29, 1.82) is 0 Å². The number of ether oxygens (including phenoxy) is 3. The Balaban J connectivity index is 1.34. The monoisotopic (exact) mass is 1230 g/mol. The molecule has 27 heteroatoms. The van der Waals surface area contributed by atoms with Gasteiger partial charge in [-0.25, -0.2) is 9.36 Å². The summed E-state index contributed by atoms with van der Waals surface area (Å²) in [7, 11) is 3.48. The highest BCUT2D eigenvalue weighted by Gasteiger charge is 2.44. The molecule has 26 nitrogen and oxygen atoms in total. The lowest BCUT2D eigenvalue weighted by Gasteiger charge is -2.41. The SMILES string of the molecule is CC[C@H](C)[C@@H]([C@@H](CC(=O)N1CCC[C@H]1[C@H](OC)[C@@H](C)C(=O)N[C@H](C)[C@@H](OP(=O)(O)OCc1ccc(NC(=O)CNC(=O)CNC(=O)[C@@H](N)CC(=O)N[C@H]2CCOC2=O)cc1)c1ccccc1)OC)N(C)C(=O)[C@@H](NC(=O)[C@H](C(C)C)N(C)C)C(C)C. The predicted octanol–water partition coefficient (Wildman–Crippen LogP) is 2.53. The van der Waals surface area contributed by atoms with Crippen molar-refractivity contribution in [1.82, 2.24) is 41.3 Å². The molecule has 1 unspecified atom stereocenters. The van der Waals surface area contributed by atoms with Crippen LogP contribution in [0, 0.1) is 23.7 Å². The molecule has 9 N–H and O–H groups in total.